The number of fused-ring (bicyclic) bond motifs is 2. The molecule has 0 saturated carbocycles. The van der Waals surface area contributed by atoms with Crippen LogP contribution in [0.1, 0.15) is 25.7 Å². The molecule has 0 radical (unpaired) electrons. The maximum atomic E-state index is 13.8. The van der Waals surface area contributed by atoms with Crippen molar-refractivity contribution in [1.82, 2.24) is 15.4 Å². The van der Waals surface area contributed by atoms with E-state index in [0.29, 0.717) is 31.0 Å². The Kier molecular flexibility index (Phi) is 6.35. The van der Waals surface area contributed by atoms with Gasteiger partial charge in [0.1, 0.15) is 5.72 Å². The Balaban J connectivity index is 1.26. The minimum Gasteiger partial charge on any atom is -0.380 e. The minimum atomic E-state index is -3.84. The number of rotatable bonds is 5. The van der Waals surface area contributed by atoms with Crippen molar-refractivity contribution in [3.63, 3.8) is 0 Å². The number of pyridine rings is 1. The number of carbonyl (C=O) groups excluding carboxylic acids is 1. The fourth-order valence-electron chi connectivity index (χ4n) is 5.93. The highest BCUT2D eigenvalue weighted by Gasteiger charge is 2.61. The summed E-state index contributed by atoms with van der Waals surface area (Å²) in [6.45, 7) is 1.49. The number of amides is 1. The molecule has 1 amide bonds. The Morgan fingerprint density at radius 1 is 1.11 bits per heavy atom. The molecule has 1 spiro atoms. The number of hydrogen-bond donors (Lipinski definition) is 1. The third kappa shape index (κ3) is 4.34. The largest absolute Gasteiger partial charge is 0.380 e. The van der Waals surface area contributed by atoms with Gasteiger partial charge in [-0.25, -0.2) is 13.4 Å². The number of hydrazine groups is 1. The highest BCUT2D eigenvalue weighted by Crippen LogP contribution is 2.45. The molecular weight excluding hydrogens is 528 g/mol. The zero-order valence-corrected chi connectivity index (χ0v) is 22.5. The first-order chi connectivity index (χ1) is 18.2. The fourth-order valence-corrected chi connectivity index (χ4v) is 7.89. The molecule has 38 heavy (non-hydrogen) atoms. The number of piperidine rings is 2. The van der Waals surface area contributed by atoms with E-state index in [9.17, 15) is 13.2 Å². The summed E-state index contributed by atoms with van der Waals surface area (Å²) in [5.74, 6) is -0.317. The number of ether oxygens (including phenoxy) is 2. The molecular formula is C27H29ClN4O5S. The molecule has 0 bridgehead atoms. The van der Waals surface area contributed by atoms with Crippen LogP contribution in [0.25, 0.3) is 10.8 Å². The smallest absolute Gasteiger partial charge is 0.240 e. The SMILES string of the molecule is COCC12CC(S(=O)(=O)c3ccc4cc(Cl)ccc4c3)CC(=O)N1NC1(CCN(c3ccncc3)CC1)O2. The van der Waals surface area contributed by atoms with Crippen molar-refractivity contribution in [1.29, 1.82) is 0 Å². The maximum absolute atomic E-state index is 13.8. The van der Waals surface area contributed by atoms with Gasteiger partial charge in [0.2, 0.25) is 5.91 Å². The standard InChI is InChI=1S/C27H29ClN4O5S/c1-36-18-27-17-24(38(34,35)23-5-3-19-14-21(28)4-2-20(19)15-23)16-25(33)32(27)30-26(37-27)8-12-31(13-9-26)22-6-10-29-11-7-22/h2-7,10-11,14-15,24,30H,8-9,12-13,16-18H2,1H3. The first-order valence-corrected chi connectivity index (χ1v) is 14.5. The van der Waals surface area contributed by atoms with E-state index in [1.165, 1.54) is 12.1 Å². The van der Waals surface area contributed by atoms with E-state index in [0.717, 1.165) is 16.5 Å². The van der Waals surface area contributed by atoms with Gasteiger partial charge in [-0.3, -0.25) is 9.78 Å². The van der Waals surface area contributed by atoms with Crippen LogP contribution >= 0.6 is 11.6 Å². The number of benzene rings is 2. The average molecular weight is 557 g/mol. The molecule has 2 unspecified atom stereocenters. The van der Waals surface area contributed by atoms with Crippen LogP contribution in [-0.4, -0.2) is 67.8 Å². The number of nitrogens with one attached hydrogen (secondary N) is 1. The molecule has 11 heteroatoms. The van der Waals surface area contributed by atoms with Crippen molar-refractivity contribution in [2.24, 2.45) is 0 Å². The Morgan fingerprint density at radius 2 is 1.82 bits per heavy atom. The molecule has 0 aliphatic carbocycles. The number of sulfone groups is 1. The molecule has 9 nitrogen and oxygen atoms in total. The number of nitrogens with zero attached hydrogens (tertiary/aromatic N) is 3. The van der Waals surface area contributed by atoms with E-state index in [-0.39, 0.29) is 30.3 Å². The Hall–Kier alpha value is -2.76. The molecule has 2 aromatic carbocycles. The zero-order valence-electron chi connectivity index (χ0n) is 21.0. The van der Waals surface area contributed by atoms with Crippen LogP contribution in [0.15, 0.2) is 65.8 Å². The van der Waals surface area contributed by atoms with Crippen LogP contribution in [0.3, 0.4) is 0 Å². The normalized spacial score (nSPS) is 25.2. The molecule has 3 saturated heterocycles. The van der Waals surface area contributed by atoms with Crippen LogP contribution < -0.4 is 10.3 Å². The topological polar surface area (TPSA) is 101 Å². The van der Waals surface area contributed by atoms with Gasteiger partial charge in [0.05, 0.1) is 16.8 Å². The molecule has 1 aromatic heterocycles. The lowest BCUT2D eigenvalue weighted by Crippen LogP contribution is -2.61. The summed E-state index contributed by atoms with van der Waals surface area (Å²) in [7, 11) is -2.30. The minimum absolute atomic E-state index is 0.0593. The first kappa shape index (κ1) is 25.5. The number of methoxy groups -OCH3 is 1. The van der Waals surface area contributed by atoms with Crippen LogP contribution in [0, 0.1) is 0 Å². The van der Waals surface area contributed by atoms with Crippen LogP contribution in [0.2, 0.25) is 5.02 Å². The molecule has 6 rings (SSSR count). The van der Waals surface area contributed by atoms with Gasteiger partial charge in [0, 0.05) is 69.0 Å². The van der Waals surface area contributed by atoms with Gasteiger partial charge < -0.3 is 14.4 Å². The van der Waals surface area contributed by atoms with Crippen molar-refractivity contribution < 1.29 is 22.7 Å². The average Bonchev–Trinajstić information content (AvgIpc) is 3.23. The third-order valence-corrected chi connectivity index (χ3v) is 10.2. The predicted molar refractivity (Wildman–Crippen MR) is 143 cm³/mol. The van der Waals surface area contributed by atoms with Crippen LogP contribution in [0.4, 0.5) is 5.69 Å². The summed E-state index contributed by atoms with van der Waals surface area (Å²) >= 11 is 6.09. The summed E-state index contributed by atoms with van der Waals surface area (Å²) in [6.07, 6.45) is 4.74. The summed E-state index contributed by atoms with van der Waals surface area (Å²) in [6, 6.07) is 14.2. The second-order valence-corrected chi connectivity index (χ2v) is 12.9. The van der Waals surface area contributed by atoms with E-state index < -0.39 is 26.5 Å². The molecule has 3 aromatic rings. The van der Waals surface area contributed by atoms with Crippen molar-refractivity contribution in [3.8, 4) is 0 Å². The maximum Gasteiger partial charge on any atom is 0.240 e. The van der Waals surface area contributed by atoms with Crippen LogP contribution in [0.5, 0.6) is 0 Å². The molecule has 4 heterocycles. The van der Waals surface area contributed by atoms with E-state index >= 15 is 0 Å². The van der Waals surface area contributed by atoms with Gasteiger partial charge in [-0.1, -0.05) is 23.7 Å². The lowest BCUT2D eigenvalue weighted by atomic mass is 9.98. The Bertz CT molecular complexity index is 1480. The van der Waals surface area contributed by atoms with Crippen LogP contribution in [-0.2, 0) is 24.1 Å². The van der Waals surface area contributed by atoms with Crippen molar-refractivity contribution in [2.75, 3.05) is 31.7 Å². The summed E-state index contributed by atoms with van der Waals surface area (Å²) in [5.41, 5.74) is 2.42. The van der Waals surface area contributed by atoms with E-state index in [1.807, 2.05) is 12.1 Å². The van der Waals surface area contributed by atoms with Gasteiger partial charge in [-0.15, -0.1) is 0 Å². The van der Waals surface area contributed by atoms with Gasteiger partial charge >= 0.3 is 0 Å². The second-order valence-electron chi connectivity index (χ2n) is 10.2. The van der Waals surface area contributed by atoms with Crippen molar-refractivity contribution in [3.05, 3.63) is 65.9 Å². The lowest BCUT2D eigenvalue weighted by Gasteiger charge is -2.42. The number of hydrogen-bond acceptors (Lipinski definition) is 8. The second kappa shape index (κ2) is 9.46. The van der Waals surface area contributed by atoms with E-state index in [2.05, 4.69) is 15.3 Å². The van der Waals surface area contributed by atoms with Gasteiger partial charge in [-0.2, -0.15) is 5.43 Å². The molecule has 3 aliphatic rings. The molecule has 200 valence electrons. The van der Waals surface area contributed by atoms with Crippen molar-refractivity contribution >= 4 is 43.8 Å². The summed E-state index contributed by atoms with van der Waals surface area (Å²) in [4.78, 5) is 20.0. The summed E-state index contributed by atoms with van der Waals surface area (Å²) < 4.78 is 39.8. The highest BCUT2D eigenvalue weighted by atomic mass is 35.5. The predicted octanol–water partition coefficient (Wildman–Crippen LogP) is 3.53. The van der Waals surface area contributed by atoms with Gasteiger partial charge in [0.15, 0.2) is 15.6 Å². The first-order valence-electron chi connectivity index (χ1n) is 12.6. The number of anilines is 1. The molecule has 1 N–H and O–H groups in total. The third-order valence-electron chi connectivity index (χ3n) is 7.82. The van der Waals surface area contributed by atoms with Gasteiger partial charge in [0.25, 0.3) is 0 Å². The van der Waals surface area contributed by atoms with Gasteiger partial charge in [-0.05, 0) is 47.2 Å². The zero-order chi connectivity index (χ0) is 26.5. The number of halogens is 1. The quantitative estimate of drug-likeness (QED) is 0.509. The highest BCUT2D eigenvalue weighted by molar-refractivity contribution is 7.92. The molecule has 3 fully saturated rings. The lowest BCUT2D eigenvalue weighted by molar-refractivity contribution is -0.191. The molecule has 3 aliphatic heterocycles. The van der Waals surface area contributed by atoms with E-state index in [1.54, 1.807) is 48.8 Å². The number of aromatic nitrogens is 1. The Morgan fingerprint density at radius 3 is 2.55 bits per heavy atom. The number of carbonyl (C=O) groups is 1. The Labute approximate surface area is 226 Å². The monoisotopic (exact) mass is 556 g/mol. The summed E-state index contributed by atoms with van der Waals surface area (Å²) in [5, 5.41) is 2.75. The molecule has 2 atom stereocenters. The van der Waals surface area contributed by atoms with Crippen molar-refractivity contribution in [2.45, 2.75) is 47.3 Å². The van der Waals surface area contributed by atoms with E-state index in [4.69, 9.17) is 21.1 Å². The fraction of sp³-hybridized carbons (Fsp3) is 0.407.